The van der Waals surface area contributed by atoms with Gasteiger partial charge in [0.25, 0.3) is 12.0 Å². The van der Waals surface area contributed by atoms with Crippen LogP contribution in [0.15, 0.2) is 0 Å². The predicted octanol–water partition coefficient (Wildman–Crippen LogP) is 5.32. The maximum absolute atomic E-state index is 13.3. The monoisotopic (exact) mass is 406 g/mol. The highest BCUT2D eigenvalue weighted by molar-refractivity contribution is 6.69. The zero-order valence-electron chi connectivity index (χ0n) is 15.8. The third kappa shape index (κ3) is 8.31. The van der Waals surface area contributed by atoms with Crippen molar-refractivity contribution in [2.75, 3.05) is 6.67 Å². The van der Waals surface area contributed by atoms with Crippen molar-refractivity contribution in [3.8, 4) is 11.8 Å². The fraction of sp³-hybridized carbons (Fsp3) is 0.882. The van der Waals surface area contributed by atoms with E-state index >= 15 is 0 Å². The summed E-state index contributed by atoms with van der Waals surface area (Å²) in [5.41, 5.74) is -5.22. The summed E-state index contributed by atoms with van der Waals surface area (Å²) in [5.74, 6) is 3.10. The van der Waals surface area contributed by atoms with Gasteiger partial charge >= 0.3 is 6.18 Å². The first-order valence-electron chi connectivity index (χ1n) is 8.40. The Labute approximate surface area is 152 Å². The lowest BCUT2D eigenvalue weighted by Crippen LogP contribution is -2.50. The first-order chi connectivity index (χ1) is 11.6. The summed E-state index contributed by atoms with van der Waals surface area (Å²) in [6.45, 7) is 8.59. The van der Waals surface area contributed by atoms with Crippen LogP contribution in [0.1, 0.15) is 39.5 Å². The Hall–Kier alpha value is -0.723. The van der Waals surface area contributed by atoms with Gasteiger partial charge in [0.1, 0.15) is 6.67 Å². The molecule has 2 nitrogen and oxygen atoms in total. The van der Waals surface area contributed by atoms with E-state index in [2.05, 4.69) is 0 Å². The molecule has 0 rings (SSSR count). The van der Waals surface area contributed by atoms with E-state index in [0.717, 1.165) is 0 Å². The molecule has 154 valence electrons. The van der Waals surface area contributed by atoms with Crippen LogP contribution in [-0.4, -0.2) is 43.9 Å². The highest BCUT2D eigenvalue weighted by Crippen LogP contribution is 2.35. The average molecular weight is 406 g/mol. The van der Waals surface area contributed by atoms with Crippen molar-refractivity contribution in [1.82, 2.24) is 0 Å². The largest absolute Gasteiger partial charge is 0.434 e. The number of rotatable bonds is 9. The van der Waals surface area contributed by atoms with Gasteiger partial charge in [0.15, 0.2) is 8.32 Å². The van der Waals surface area contributed by atoms with Gasteiger partial charge in [0.2, 0.25) is 0 Å². The molecule has 0 bridgehead atoms. The van der Waals surface area contributed by atoms with Gasteiger partial charge in [-0.3, -0.25) is 0 Å². The topological polar surface area (TPSA) is 29.5 Å². The normalized spacial score (nSPS) is 18.7. The third-order valence-electron chi connectivity index (χ3n) is 3.72. The molecule has 0 heterocycles. The van der Waals surface area contributed by atoms with Gasteiger partial charge in [-0.05, 0) is 45.3 Å². The average Bonchev–Trinajstić information content (AvgIpc) is 2.43. The van der Waals surface area contributed by atoms with Crippen LogP contribution in [0.5, 0.6) is 0 Å². The van der Waals surface area contributed by atoms with E-state index in [1.807, 2.05) is 25.6 Å². The smallest absolute Gasteiger partial charge is 0.410 e. The van der Waals surface area contributed by atoms with E-state index < -0.39 is 38.8 Å². The second-order valence-electron chi connectivity index (χ2n) is 7.87. The summed E-state index contributed by atoms with van der Waals surface area (Å²) in [5, 5.41) is 9.06. The van der Waals surface area contributed by atoms with Gasteiger partial charge in [0.05, 0.1) is 5.60 Å². The quantitative estimate of drug-likeness (QED) is 0.319. The molecule has 0 amide bonds. The number of halogens is 6. The molecule has 0 aliphatic heterocycles. The molecular formula is C17H28F6O2Si. The van der Waals surface area contributed by atoms with E-state index in [0.29, 0.717) is 19.3 Å². The van der Waals surface area contributed by atoms with Crippen LogP contribution in [-0.2, 0) is 4.43 Å². The molecular weight excluding hydrogens is 378 g/mol. The molecule has 3 unspecified atom stereocenters. The van der Waals surface area contributed by atoms with Gasteiger partial charge in [-0.1, -0.05) is 25.2 Å². The van der Waals surface area contributed by atoms with Crippen molar-refractivity contribution in [2.45, 2.75) is 83.0 Å². The summed E-state index contributed by atoms with van der Waals surface area (Å²) in [6.07, 6.45) is -8.13. The van der Waals surface area contributed by atoms with E-state index in [1.165, 1.54) is 5.92 Å². The molecule has 0 fully saturated rings. The molecule has 0 spiro atoms. The number of aliphatic hydroxyl groups is 1. The first-order valence-corrected chi connectivity index (χ1v) is 11.8. The van der Waals surface area contributed by atoms with E-state index in [4.69, 9.17) is 9.53 Å². The van der Waals surface area contributed by atoms with Crippen molar-refractivity contribution in [2.24, 2.45) is 5.92 Å². The standard InChI is InChI=1S/C17H28F6O2Si/c1-13(8-6-10-15(2,12-18)25-26(3,4)5)9-7-11-16(24,14(19)20)17(21,22)23/h13-14,24H,6,8-10,12H2,1-5H3. The molecule has 0 aromatic carbocycles. The minimum atomic E-state index is -5.53. The van der Waals surface area contributed by atoms with Gasteiger partial charge in [0, 0.05) is 6.42 Å². The lowest BCUT2D eigenvalue weighted by Gasteiger charge is -2.34. The minimum Gasteiger partial charge on any atom is -0.410 e. The van der Waals surface area contributed by atoms with Crippen molar-refractivity contribution in [3.05, 3.63) is 0 Å². The van der Waals surface area contributed by atoms with Crippen molar-refractivity contribution >= 4 is 8.32 Å². The Morgan fingerprint density at radius 2 is 1.69 bits per heavy atom. The molecule has 26 heavy (non-hydrogen) atoms. The SMILES string of the molecule is CC(CC#CC(O)(C(F)F)C(F)(F)F)CCCC(C)(CF)O[Si](C)(C)C. The van der Waals surface area contributed by atoms with Crippen LogP contribution >= 0.6 is 0 Å². The molecule has 0 saturated heterocycles. The maximum Gasteiger partial charge on any atom is 0.434 e. The van der Waals surface area contributed by atoms with Crippen LogP contribution in [0.25, 0.3) is 0 Å². The highest BCUT2D eigenvalue weighted by atomic mass is 28.4. The van der Waals surface area contributed by atoms with Crippen LogP contribution in [0.4, 0.5) is 26.3 Å². The molecule has 0 aromatic rings. The summed E-state index contributed by atoms with van der Waals surface area (Å²) >= 11 is 0. The van der Waals surface area contributed by atoms with Crippen molar-refractivity contribution in [3.63, 3.8) is 0 Å². The second kappa shape index (κ2) is 9.47. The van der Waals surface area contributed by atoms with Gasteiger partial charge in [-0.25, -0.2) is 13.2 Å². The van der Waals surface area contributed by atoms with E-state index in [1.54, 1.807) is 13.8 Å². The van der Waals surface area contributed by atoms with E-state index in [-0.39, 0.29) is 12.3 Å². The number of hydrogen-bond acceptors (Lipinski definition) is 2. The minimum absolute atomic E-state index is 0.0771. The van der Waals surface area contributed by atoms with Gasteiger partial charge in [-0.2, -0.15) is 13.2 Å². The Kier molecular flexibility index (Phi) is 9.20. The fourth-order valence-corrected chi connectivity index (χ4v) is 4.06. The highest BCUT2D eigenvalue weighted by Gasteiger charge is 2.60. The van der Waals surface area contributed by atoms with Crippen molar-refractivity contribution < 1.29 is 35.9 Å². The Morgan fingerprint density at radius 1 is 1.15 bits per heavy atom. The molecule has 0 aliphatic rings. The molecule has 0 radical (unpaired) electrons. The maximum atomic E-state index is 13.3. The van der Waals surface area contributed by atoms with Crippen LogP contribution in [0.3, 0.4) is 0 Å². The van der Waals surface area contributed by atoms with Crippen molar-refractivity contribution in [1.29, 1.82) is 0 Å². The second-order valence-corrected chi connectivity index (χ2v) is 12.3. The molecule has 3 atom stereocenters. The molecule has 0 aliphatic carbocycles. The lowest BCUT2D eigenvalue weighted by atomic mass is 9.94. The summed E-state index contributed by atoms with van der Waals surface area (Å²) in [6, 6.07) is 0. The first kappa shape index (κ1) is 25.3. The third-order valence-corrected chi connectivity index (χ3v) is 4.82. The van der Waals surface area contributed by atoms with Crippen LogP contribution in [0.2, 0.25) is 19.6 Å². The van der Waals surface area contributed by atoms with Crippen LogP contribution in [0, 0.1) is 17.8 Å². The molecule has 1 N–H and O–H groups in total. The van der Waals surface area contributed by atoms with E-state index in [9.17, 15) is 26.3 Å². The van der Waals surface area contributed by atoms with Crippen LogP contribution < -0.4 is 0 Å². The zero-order chi connectivity index (χ0) is 20.8. The summed E-state index contributed by atoms with van der Waals surface area (Å²) in [7, 11) is -1.93. The molecule has 0 saturated carbocycles. The molecule has 9 heteroatoms. The summed E-state index contributed by atoms with van der Waals surface area (Å²) in [4.78, 5) is 0. The number of hydrogen-bond donors (Lipinski definition) is 1. The zero-order valence-corrected chi connectivity index (χ0v) is 16.8. The molecule has 0 aromatic heterocycles. The Balaban J connectivity index is 4.64. The predicted molar refractivity (Wildman–Crippen MR) is 91.2 cm³/mol. The Morgan fingerprint density at radius 3 is 2.08 bits per heavy atom. The fourth-order valence-electron chi connectivity index (χ4n) is 2.42. The Bertz CT molecular complexity index is 494. The van der Waals surface area contributed by atoms with Gasteiger partial charge in [-0.15, -0.1) is 0 Å². The summed E-state index contributed by atoms with van der Waals surface area (Å²) < 4.78 is 81.6. The van der Waals surface area contributed by atoms with Gasteiger partial charge < -0.3 is 9.53 Å². The number of alkyl halides is 6. The lowest BCUT2D eigenvalue weighted by molar-refractivity contribution is -0.271.